The molecule has 3 atom stereocenters. The molecular weight excluding hydrogens is 418 g/mol. The van der Waals surface area contributed by atoms with E-state index in [1.54, 1.807) is 28.8 Å². The van der Waals surface area contributed by atoms with Crippen LogP contribution < -0.4 is 0 Å². The van der Waals surface area contributed by atoms with Crippen LogP contribution in [0.3, 0.4) is 0 Å². The standard InChI is InChI=1S/C26H29N3O4/c1-27(2)25(32)20-5-3-4-19(12-20)16-6-8-17(9-7-16)24-21-13-28(26(33)18-10-11-18)14-23(31)29(21)22(24)15-30/h3-9,12,18,21-22,24,30H,10-11,13-15H2,1-2H3/t21-,22+,24-/m1/s1. The SMILES string of the molecule is CN(C)C(=O)c1cccc(-c2ccc([C@@H]3[C@H]4CN(C(=O)C5CC5)CC(=O)N4[C@H]3CO)cc2)c1. The molecule has 7 nitrogen and oxygen atoms in total. The normalized spacial score (nSPS) is 24.2. The van der Waals surface area contributed by atoms with Crippen LogP contribution in [0, 0.1) is 5.92 Å². The Bertz CT molecular complexity index is 1090. The Kier molecular flexibility index (Phi) is 5.44. The lowest BCUT2D eigenvalue weighted by Crippen LogP contribution is -2.73. The van der Waals surface area contributed by atoms with Crippen LogP contribution in [-0.4, -0.2) is 83.4 Å². The summed E-state index contributed by atoms with van der Waals surface area (Å²) in [6.45, 7) is 0.550. The lowest BCUT2D eigenvalue weighted by atomic mass is 9.73. The second kappa shape index (κ2) is 8.30. The smallest absolute Gasteiger partial charge is 0.253 e. The molecule has 1 N–H and O–H groups in total. The molecule has 0 aromatic heterocycles. The molecule has 2 aliphatic heterocycles. The van der Waals surface area contributed by atoms with E-state index in [0.29, 0.717) is 12.1 Å². The van der Waals surface area contributed by atoms with E-state index in [1.807, 2.05) is 48.5 Å². The second-order valence-electron chi connectivity index (χ2n) is 9.54. The number of fused-ring (bicyclic) bond motifs is 1. The molecule has 3 aliphatic rings. The Morgan fingerprint density at radius 1 is 1.06 bits per heavy atom. The molecule has 2 aromatic rings. The zero-order chi connectivity index (χ0) is 23.3. The Hall–Kier alpha value is -3.19. The van der Waals surface area contributed by atoms with Crippen molar-refractivity contribution in [2.24, 2.45) is 5.92 Å². The van der Waals surface area contributed by atoms with Crippen LogP contribution >= 0.6 is 0 Å². The summed E-state index contributed by atoms with van der Waals surface area (Å²) in [4.78, 5) is 42.6. The predicted octanol–water partition coefficient (Wildman–Crippen LogP) is 1.96. The van der Waals surface area contributed by atoms with Gasteiger partial charge in [0.2, 0.25) is 11.8 Å². The number of carbonyl (C=O) groups excluding carboxylic acids is 3. The minimum atomic E-state index is -0.257. The molecular formula is C26H29N3O4. The Morgan fingerprint density at radius 2 is 1.79 bits per heavy atom. The lowest BCUT2D eigenvalue weighted by molar-refractivity contribution is -0.167. The fourth-order valence-corrected chi connectivity index (χ4v) is 5.24. The molecule has 0 unspecified atom stereocenters. The molecule has 3 fully saturated rings. The van der Waals surface area contributed by atoms with Gasteiger partial charge in [0.15, 0.2) is 0 Å². The molecule has 2 heterocycles. The van der Waals surface area contributed by atoms with Crippen molar-refractivity contribution in [3.63, 3.8) is 0 Å². The van der Waals surface area contributed by atoms with E-state index in [-0.39, 0.29) is 54.8 Å². The van der Waals surface area contributed by atoms with E-state index in [0.717, 1.165) is 29.5 Å². The number of hydrogen-bond acceptors (Lipinski definition) is 4. The van der Waals surface area contributed by atoms with Crippen LogP contribution in [-0.2, 0) is 9.59 Å². The Morgan fingerprint density at radius 3 is 2.42 bits per heavy atom. The maximum Gasteiger partial charge on any atom is 0.253 e. The fraction of sp³-hybridized carbons (Fsp3) is 0.423. The minimum absolute atomic E-state index is 0.00976. The topological polar surface area (TPSA) is 81.2 Å². The number of piperazine rings is 1. The van der Waals surface area contributed by atoms with Gasteiger partial charge in [-0.15, -0.1) is 0 Å². The molecule has 0 bridgehead atoms. The van der Waals surface area contributed by atoms with E-state index >= 15 is 0 Å². The molecule has 2 saturated heterocycles. The Labute approximate surface area is 193 Å². The summed E-state index contributed by atoms with van der Waals surface area (Å²) in [6.07, 6.45) is 1.84. The van der Waals surface area contributed by atoms with E-state index in [2.05, 4.69) is 0 Å². The van der Waals surface area contributed by atoms with Crippen LogP contribution in [0.25, 0.3) is 11.1 Å². The van der Waals surface area contributed by atoms with Crippen molar-refractivity contribution in [1.82, 2.24) is 14.7 Å². The predicted molar refractivity (Wildman–Crippen MR) is 123 cm³/mol. The summed E-state index contributed by atoms with van der Waals surface area (Å²) < 4.78 is 0. The van der Waals surface area contributed by atoms with Crippen LogP contribution in [0.15, 0.2) is 48.5 Å². The van der Waals surface area contributed by atoms with Crippen molar-refractivity contribution in [1.29, 1.82) is 0 Å². The number of aliphatic hydroxyl groups is 1. The molecule has 172 valence electrons. The van der Waals surface area contributed by atoms with Crippen LogP contribution in [0.4, 0.5) is 0 Å². The van der Waals surface area contributed by atoms with Gasteiger partial charge in [0.05, 0.1) is 25.2 Å². The van der Waals surface area contributed by atoms with E-state index < -0.39 is 0 Å². The summed E-state index contributed by atoms with van der Waals surface area (Å²) in [7, 11) is 3.47. The molecule has 0 spiro atoms. The van der Waals surface area contributed by atoms with Crippen LogP contribution in [0.5, 0.6) is 0 Å². The van der Waals surface area contributed by atoms with Crippen molar-refractivity contribution in [2.75, 3.05) is 33.8 Å². The van der Waals surface area contributed by atoms with E-state index in [9.17, 15) is 19.5 Å². The third kappa shape index (κ3) is 3.80. The quantitative estimate of drug-likeness (QED) is 0.760. The highest BCUT2D eigenvalue weighted by molar-refractivity contribution is 5.95. The maximum absolute atomic E-state index is 12.7. The average Bonchev–Trinajstić information content (AvgIpc) is 3.65. The molecule has 0 radical (unpaired) electrons. The van der Waals surface area contributed by atoms with Gasteiger partial charge in [0, 0.05) is 38.0 Å². The van der Waals surface area contributed by atoms with Gasteiger partial charge in [-0.3, -0.25) is 14.4 Å². The van der Waals surface area contributed by atoms with Crippen LogP contribution in [0.2, 0.25) is 0 Å². The number of hydrogen-bond donors (Lipinski definition) is 1. The summed E-state index contributed by atoms with van der Waals surface area (Å²) in [5.41, 5.74) is 3.64. The van der Waals surface area contributed by atoms with Crippen molar-refractivity contribution >= 4 is 17.7 Å². The first-order valence-corrected chi connectivity index (χ1v) is 11.5. The molecule has 1 saturated carbocycles. The van der Waals surface area contributed by atoms with Gasteiger partial charge in [-0.05, 0) is 41.7 Å². The molecule has 1 aliphatic carbocycles. The van der Waals surface area contributed by atoms with Crippen molar-refractivity contribution < 1.29 is 19.5 Å². The number of amides is 3. The maximum atomic E-state index is 12.7. The third-order valence-electron chi connectivity index (χ3n) is 7.14. The summed E-state index contributed by atoms with van der Waals surface area (Å²) in [6, 6.07) is 15.3. The van der Waals surface area contributed by atoms with Crippen molar-refractivity contribution in [2.45, 2.75) is 30.8 Å². The first-order chi connectivity index (χ1) is 15.9. The average molecular weight is 448 g/mol. The van der Waals surface area contributed by atoms with Gasteiger partial charge in [0.25, 0.3) is 5.91 Å². The largest absolute Gasteiger partial charge is 0.394 e. The van der Waals surface area contributed by atoms with E-state index in [4.69, 9.17) is 0 Å². The molecule has 7 heteroatoms. The zero-order valence-electron chi connectivity index (χ0n) is 19.0. The number of benzene rings is 2. The first-order valence-electron chi connectivity index (χ1n) is 11.5. The van der Waals surface area contributed by atoms with Crippen molar-refractivity contribution in [3.8, 4) is 11.1 Å². The minimum Gasteiger partial charge on any atom is -0.394 e. The number of carbonyl (C=O) groups is 3. The highest BCUT2D eigenvalue weighted by Crippen LogP contribution is 2.44. The Balaban J connectivity index is 1.37. The highest BCUT2D eigenvalue weighted by atomic mass is 16.3. The second-order valence-corrected chi connectivity index (χ2v) is 9.54. The van der Waals surface area contributed by atoms with Gasteiger partial charge < -0.3 is 19.8 Å². The summed E-state index contributed by atoms with van der Waals surface area (Å²) in [5, 5.41) is 10.00. The van der Waals surface area contributed by atoms with Crippen molar-refractivity contribution in [3.05, 3.63) is 59.7 Å². The van der Waals surface area contributed by atoms with Gasteiger partial charge in [-0.1, -0.05) is 36.4 Å². The third-order valence-corrected chi connectivity index (χ3v) is 7.14. The zero-order valence-corrected chi connectivity index (χ0v) is 19.0. The lowest BCUT2D eigenvalue weighted by Gasteiger charge is -2.58. The number of aliphatic hydroxyl groups excluding tert-OH is 1. The number of nitrogens with zero attached hydrogens (tertiary/aromatic N) is 3. The monoisotopic (exact) mass is 447 g/mol. The van der Waals surface area contributed by atoms with E-state index in [1.165, 1.54) is 0 Å². The van der Waals surface area contributed by atoms with Gasteiger partial charge in [-0.25, -0.2) is 0 Å². The molecule has 5 rings (SSSR count). The molecule has 3 amide bonds. The van der Waals surface area contributed by atoms with Crippen LogP contribution in [0.1, 0.15) is 34.7 Å². The van der Waals surface area contributed by atoms with Gasteiger partial charge >= 0.3 is 0 Å². The molecule has 33 heavy (non-hydrogen) atoms. The molecule has 2 aromatic carbocycles. The summed E-state index contributed by atoms with van der Waals surface area (Å²) >= 11 is 0. The summed E-state index contributed by atoms with van der Waals surface area (Å²) in [5.74, 6) is 0.0581. The van der Waals surface area contributed by atoms with Gasteiger partial charge in [0.1, 0.15) is 0 Å². The highest BCUT2D eigenvalue weighted by Gasteiger charge is 2.55. The number of rotatable bonds is 5. The first kappa shape index (κ1) is 21.6. The van der Waals surface area contributed by atoms with Gasteiger partial charge in [-0.2, -0.15) is 0 Å². The fourth-order valence-electron chi connectivity index (χ4n) is 5.24.